The van der Waals surface area contributed by atoms with Crippen LogP contribution in [0.15, 0.2) is 70.5 Å². The molecular weight excluding hydrogens is 1160 g/mol. The van der Waals surface area contributed by atoms with Gasteiger partial charge in [-0.25, -0.2) is 16.8 Å². The first-order valence-corrected chi connectivity index (χ1v) is 36.8. The van der Waals surface area contributed by atoms with E-state index in [4.69, 9.17) is 0 Å². The molecule has 81 heavy (non-hydrogen) atoms. The number of hydrogen-bond acceptors (Lipinski definition) is 6. The topological polar surface area (TPSA) is 114 Å². The minimum atomic E-state index is -4.54. The van der Waals surface area contributed by atoms with Gasteiger partial charge in [0.1, 0.15) is 20.2 Å². The van der Waals surface area contributed by atoms with Gasteiger partial charge in [0.25, 0.3) is 0 Å². The standard InChI is InChI=1S/2C36H60O3S.Ba/c2*1-3-5-7-9-11-13-15-17-19-21-23-27-32-31-33(28-24-22-20-18-16-14-12-10-8-6-4-2)36(40(37,38)39)35-30-26-25-29-34(32)35;/h2*25-26,29-31H,3-24,27-28H2,1-2H3,(H,37,38,39);/q;;+2/p-2. The van der Waals surface area contributed by atoms with E-state index in [0.717, 1.165) is 73.3 Å². The summed E-state index contributed by atoms with van der Waals surface area (Å²) in [7, 11) is -9.07. The van der Waals surface area contributed by atoms with Gasteiger partial charge in [0.05, 0.1) is 9.79 Å². The zero-order chi connectivity index (χ0) is 57.8. The Morgan fingerprint density at radius 1 is 0.259 bits per heavy atom. The van der Waals surface area contributed by atoms with Crippen molar-refractivity contribution in [1.29, 1.82) is 0 Å². The van der Waals surface area contributed by atoms with Crippen LogP contribution >= 0.6 is 0 Å². The van der Waals surface area contributed by atoms with Crippen molar-refractivity contribution in [2.24, 2.45) is 0 Å². The SMILES string of the molecule is CCCCCCCCCCCCCc1cc(CCCCCCCCCCCCC)c2ccccc2c1S(=O)(=O)[O-].CCCCCCCCCCCCCc1cc(CCCCCCCCCCCCC)c2ccccc2c1S(=O)(=O)[O-].[Ba+2]. The quantitative estimate of drug-likeness (QED) is 0.0247. The number of unbranched alkanes of at least 4 members (excludes halogenated alkanes) is 40. The van der Waals surface area contributed by atoms with E-state index in [1.807, 2.05) is 48.5 Å². The Kier molecular flexibility index (Phi) is 45.8. The molecule has 0 N–H and O–H groups in total. The number of fused-ring (bicyclic) bond motifs is 2. The van der Waals surface area contributed by atoms with Crippen molar-refractivity contribution in [2.75, 3.05) is 0 Å². The first-order valence-electron chi connectivity index (χ1n) is 34.0. The van der Waals surface area contributed by atoms with Gasteiger partial charge in [-0.2, -0.15) is 0 Å². The van der Waals surface area contributed by atoms with Crippen LogP contribution in [0.4, 0.5) is 0 Å². The van der Waals surface area contributed by atoms with Crippen molar-refractivity contribution in [3.8, 4) is 0 Å². The minimum Gasteiger partial charge on any atom is -0.744 e. The molecule has 0 aliphatic carbocycles. The summed E-state index contributed by atoms with van der Waals surface area (Å²) >= 11 is 0. The molecular formula is C72H118BaO6S2. The molecule has 4 aromatic carbocycles. The Morgan fingerprint density at radius 3 is 0.630 bits per heavy atom. The van der Waals surface area contributed by atoms with E-state index in [-0.39, 0.29) is 58.7 Å². The Morgan fingerprint density at radius 2 is 0.432 bits per heavy atom. The van der Waals surface area contributed by atoms with Crippen LogP contribution in [0.5, 0.6) is 0 Å². The van der Waals surface area contributed by atoms with E-state index >= 15 is 0 Å². The monoisotopic (exact) mass is 1280 g/mol. The maximum Gasteiger partial charge on any atom is 2.00 e. The van der Waals surface area contributed by atoms with Crippen LogP contribution in [0.3, 0.4) is 0 Å². The average molecular weight is 1280 g/mol. The molecule has 0 unspecified atom stereocenters. The van der Waals surface area contributed by atoms with Crippen LogP contribution < -0.4 is 0 Å². The molecule has 0 radical (unpaired) electrons. The van der Waals surface area contributed by atoms with E-state index in [9.17, 15) is 25.9 Å². The predicted octanol–water partition coefficient (Wildman–Crippen LogP) is 22.5. The number of rotatable bonds is 50. The zero-order valence-corrected chi connectivity index (χ0v) is 58.8. The normalized spacial score (nSPS) is 11.8. The van der Waals surface area contributed by atoms with E-state index in [1.165, 1.54) is 255 Å². The third kappa shape index (κ3) is 34.1. The van der Waals surface area contributed by atoms with Crippen molar-refractivity contribution in [2.45, 2.75) is 346 Å². The Labute approximate surface area is 540 Å². The van der Waals surface area contributed by atoms with E-state index in [1.54, 1.807) is 0 Å². The van der Waals surface area contributed by atoms with Gasteiger partial charge in [-0.3, -0.25) is 0 Å². The summed E-state index contributed by atoms with van der Waals surface area (Å²) in [5.41, 5.74) is 3.89. The van der Waals surface area contributed by atoms with Crippen molar-refractivity contribution in [3.05, 3.63) is 82.9 Å². The van der Waals surface area contributed by atoms with Crippen LogP contribution in [0, 0.1) is 0 Å². The van der Waals surface area contributed by atoms with E-state index in [0.29, 0.717) is 23.6 Å². The molecule has 456 valence electrons. The maximum atomic E-state index is 12.4. The third-order valence-corrected chi connectivity index (χ3v) is 19.0. The Bertz CT molecular complexity index is 2230. The summed E-state index contributed by atoms with van der Waals surface area (Å²) < 4.78 is 74.3. The van der Waals surface area contributed by atoms with Crippen LogP contribution in [0.25, 0.3) is 21.5 Å². The molecule has 4 aromatic rings. The summed E-state index contributed by atoms with van der Waals surface area (Å²) in [6, 6.07) is 19.4. The molecule has 0 amide bonds. The fourth-order valence-corrected chi connectivity index (χ4v) is 14.1. The molecule has 0 aliphatic heterocycles. The van der Waals surface area contributed by atoms with E-state index < -0.39 is 20.2 Å². The molecule has 0 spiro atoms. The van der Waals surface area contributed by atoms with Crippen molar-refractivity contribution in [1.82, 2.24) is 0 Å². The largest absolute Gasteiger partial charge is 2.00 e. The Balaban J connectivity index is 0.000000547. The number of hydrogen-bond donors (Lipinski definition) is 0. The fourth-order valence-electron chi connectivity index (χ4n) is 12.3. The van der Waals surface area contributed by atoms with Crippen molar-refractivity contribution < 1.29 is 25.9 Å². The zero-order valence-electron chi connectivity index (χ0n) is 52.7. The summed E-state index contributed by atoms with van der Waals surface area (Å²) in [6.45, 7) is 9.05. The molecule has 0 heterocycles. The molecule has 6 nitrogen and oxygen atoms in total. The Hall–Kier alpha value is -1.21. The van der Waals surface area contributed by atoms with Crippen molar-refractivity contribution >= 4 is 90.7 Å². The van der Waals surface area contributed by atoms with Gasteiger partial charge in [0, 0.05) is 0 Å². The summed E-state index contributed by atoms with van der Waals surface area (Å²) in [6.07, 6.45) is 59.8. The van der Waals surface area contributed by atoms with Crippen LogP contribution in [-0.4, -0.2) is 74.8 Å². The van der Waals surface area contributed by atoms with Gasteiger partial charge in [-0.05, 0) is 95.2 Å². The molecule has 0 aliphatic rings. The second kappa shape index (κ2) is 48.9. The van der Waals surface area contributed by atoms with Gasteiger partial charge in [0.2, 0.25) is 0 Å². The van der Waals surface area contributed by atoms with Crippen LogP contribution in [-0.2, 0) is 45.9 Å². The predicted molar refractivity (Wildman–Crippen MR) is 350 cm³/mol. The summed E-state index contributed by atoms with van der Waals surface area (Å²) in [5.74, 6) is 0. The van der Waals surface area contributed by atoms with Gasteiger partial charge < -0.3 is 9.11 Å². The third-order valence-electron chi connectivity index (χ3n) is 17.0. The minimum absolute atomic E-state index is 0. The van der Waals surface area contributed by atoms with Gasteiger partial charge in [-0.15, -0.1) is 0 Å². The van der Waals surface area contributed by atoms with Gasteiger partial charge in [0.15, 0.2) is 0 Å². The van der Waals surface area contributed by atoms with Crippen LogP contribution in [0.1, 0.15) is 332 Å². The molecule has 0 aromatic heterocycles. The summed E-state index contributed by atoms with van der Waals surface area (Å²) in [4.78, 5) is 0.0516. The molecule has 0 fully saturated rings. The molecule has 0 atom stereocenters. The second-order valence-corrected chi connectivity index (χ2v) is 26.8. The summed E-state index contributed by atoms with van der Waals surface area (Å²) in [5, 5.41) is 3.12. The smallest absolute Gasteiger partial charge is 0.744 e. The van der Waals surface area contributed by atoms with Crippen molar-refractivity contribution in [3.63, 3.8) is 0 Å². The van der Waals surface area contributed by atoms with E-state index in [2.05, 4.69) is 39.8 Å². The molecule has 0 saturated heterocycles. The first kappa shape index (κ1) is 75.9. The molecule has 0 bridgehead atoms. The first-order chi connectivity index (χ1) is 39.0. The molecule has 9 heteroatoms. The second-order valence-electron chi connectivity index (χ2n) is 24.2. The van der Waals surface area contributed by atoms with Crippen LogP contribution in [0.2, 0.25) is 0 Å². The number of aryl methyl sites for hydroxylation is 4. The molecule has 0 saturated carbocycles. The fraction of sp³-hybridized carbons (Fsp3) is 0.722. The maximum absolute atomic E-state index is 12.4. The number of benzene rings is 4. The average Bonchev–Trinajstić information content (AvgIpc) is 3.48. The van der Waals surface area contributed by atoms with Gasteiger partial charge in [-0.1, -0.05) is 345 Å². The molecule has 4 rings (SSSR count). The van der Waals surface area contributed by atoms with Gasteiger partial charge >= 0.3 is 48.9 Å².